The van der Waals surface area contributed by atoms with Gasteiger partial charge in [-0.15, -0.1) is 5.60 Å². The van der Waals surface area contributed by atoms with Crippen molar-refractivity contribution < 1.29 is 71.4 Å². The number of aliphatic hydroxyl groups is 2. The van der Waals surface area contributed by atoms with E-state index in [1.165, 1.54) is 32.1 Å². The van der Waals surface area contributed by atoms with Crippen molar-refractivity contribution in [3.05, 3.63) is 0 Å². The molecule has 0 spiro atoms. The van der Waals surface area contributed by atoms with Crippen molar-refractivity contribution in [1.82, 2.24) is 5.32 Å². The summed E-state index contributed by atoms with van der Waals surface area (Å²) >= 11 is 0. The summed E-state index contributed by atoms with van der Waals surface area (Å²) in [5, 5.41) is 31.6. The van der Waals surface area contributed by atoms with Gasteiger partial charge in [-0.05, 0) is 12.3 Å². The molecule has 0 aliphatic rings. The van der Waals surface area contributed by atoms with Crippen molar-refractivity contribution in [1.29, 1.82) is 0 Å². The van der Waals surface area contributed by atoms with E-state index in [1.807, 2.05) is 0 Å². The molecule has 1 unspecified atom stereocenters. The summed E-state index contributed by atoms with van der Waals surface area (Å²) in [6.07, 6.45) is 7.99. The van der Waals surface area contributed by atoms with Crippen LogP contribution in [0.15, 0.2) is 0 Å². The quantitative estimate of drug-likeness (QED) is 0.254. The smallest absolute Gasteiger partial charge is 0.850 e. The second kappa shape index (κ2) is 22.7. The van der Waals surface area contributed by atoms with Crippen molar-refractivity contribution in [2.24, 2.45) is 5.92 Å². The molecule has 1 atom stereocenters. The number of ether oxygens (including phenoxy) is 1. The van der Waals surface area contributed by atoms with Crippen LogP contribution in [0.2, 0.25) is 0 Å². The molecule has 6 heteroatoms. The van der Waals surface area contributed by atoms with E-state index >= 15 is 0 Å². The molecular formula is C20H44KNO4. The third kappa shape index (κ3) is 33.1. The van der Waals surface area contributed by atoms with Crippen molar-refractivity contribution in [2.45, 2.75) is 91.3 Å². The number of rotatable bonds is 15. The SMILES string of the molecule is CC(C)(C)[O-].CCCC(CCC)CCCC(O)COCCNCCO.[K+]. The van der Waals surface area contributed by atoms with Gasteiger partial charge in [-0.1, -0.05) is 73.1 Å². The largest absolute Gasteiger partial charge is 1.00 e. The minimum Gasteiger partial charge on any atom is -0.850 e. The zero-order valence-electron chi connectivity index (χ0n) is 18.4. The number of nitrogens with one attached hydrogen (secondary N) is 1. The van der Waals surface area contributed by atoms with Gasteiger partial charge >= 0.3 is 51.4 Å². The Morgan fingerprint density at radius 1 is 1.00 bits per heavy atom. The van der Waals surface area contributed by atoms with Crippen LogP contribution in [0.25, 0.3) is 0 Å². The van der Waals surface area contributed by atoms with E-state index in [2.05, 4.69) is 19.2 Å². The van der Waals surface area contributed by atoms with Crippen LogP contribution >= 0.6 is 0 Å². The average Bonchev–Trinajstić information content (AvgIpc) is 2.49. The van der Waals surface area contributed by atoms with Gasteiger partial charge in [0.1, 0.15) is 0 Å². The molecule has 0 aliphatic carbocycles. The number of hydrogen-bond acceptors (Lipinski definition) is 5. The van der Waals surface area contributed by atoms with Crippen molar-refractivity contribution in [2.75, 3.05) is 32.9 Å². The molecule has 0 amide bonds. The number of aliphatic hydroxyl groups excluding tert-OH is 2. The maximum atomic E-state index is 10.1. The summed E-state index contributed by atoms with van der Waals surface area (Å²) in [7, 11) is 0. The van der Waals surface area contributed by atoms with Gasteiger partial charge in [-0.3, -0.25) is 0 Å². The molecule has 3 N–H and O–H groups in total. The zero-order valence-corrected chi connectivity index (χ0v) is 21.5. The molecule has 154 valence electrons. The van der Waals surface area contributed by atoms with E-state index in [-0.39, 0.29) is 64.1 Å². The minimum absolute atomic E-state index is 0. The van der Waals surface area contributed by atoms with Crippen LogP contribution < -0.4 is 61.8 Å². The second-order valence-electron chi connectivity index (χ2n) is 7.69. The number of hydrogen-bond donors (Lipinski definition) is 3. The third-order valence-corrected chi connectivity index (χ3v) is 3.57. The zero-order chi connectivity index (χ0) is 19.6. The molecule has 26 heavy (non-hydrogen) atoms. The van der Waals surface area contributed by atoms with Crippen LogP contribution in [-0.2, 0) is 4.74 Å². The molecule has 0 heterocycles. The molecule has 0 radical (unpaired) electrons. The van der Waals surface area contributed by atoms with E-state index in [1.54, 1.807) is 20.8 Å². The Labute approximate surface area is 205 Å². The summed E-state index contributed by atoms with van der Waals surface area (Å²) in [4.78, 5) is 0. The Balaban J connectivity index is -0.000000772. The fourth-order valence-electron chi connectivity index (χ4n) is 2.54. The molecule has 0 aromatic heterocycles. The summed E-state index contributed by atoms with van der Waals surface area (Å²) in [6, 6.07) is 0. The van der Waals surface area contributed by atoms with Gasteiger partial charge in [-0.2, -0.15) is 0 Å². The van der Waals surface area contributed by atoms with Gasteiger partial charge in [0.25, 0.3) is 0 Å². The molecule has 0 bridgehead atoms. The predicted molar refractivity (Wildman–Crippen MR) is 104 cm³/mol. The summed E-state index contributed by atoms with van der Waals surface area (Å²) in [5.41, 5.74) is -0.750. The molecule has 0 saturated carbocycles. The molecule has 0 saturated heterocycles. The summed E-state index contributed by atoms with van der Waals surface area (Å²) in [5.74, 6) is 0.834. The Morgan fingerprint density at radius 3 is 2.00 bits per heavy atom. The van der Waals surface area contributed by atoms with Crippen LogP contribution in [0.5, 0.6) is 0 Å². The Bertz CT molecular complexity index is 251. The van der Waals surface area contributed by atoms with E-state index in [4.69, 9.17) is 9.84 Å². The van der Waals surface area contributed by atoms with Gasteiger partial charge in [0.15, 0.2) is 0 Å². The topological polar surface area (TPSA) is 84.8 Å². The maximum absolute atomic E-state index is 10.1. The molecule has 0 fully saturated rings. The van der Waals surface area contributed by atoms with Crippen molar-refractivity contribution in [3.63, 3.8) is 0 Å². The van der Waals surface area contributed by atoms with E-state index < -0.39 is 5.60 Å². The van der Waals surface area contributed by atoms with E-state index in [0.29, 0.717) is 19.8 Å². The molecule has 0 aliphatic heterocycles. The van der Waals surface area contributed by atoms with Gasteiger partial charge in [0.05, 0.1) is 25.9 Å². The fourth-order valence-corrected chi connectivity index (χ4v) is 2.54. The van der Waals surface area contributed by atoms with Crippen LogP contribution in [-0.4, -0.2) is 54.8 Å². The first-order valence-corrected chi connectivity index (χ1v) is 10.0. The van der Waals surface area contributed by atoms with Crippen LogP contribution in [0.1, 0.15) is 79.6 Å². The second-order valence-corrected chi connectivity index (χ2v) is 7.69. The standard InChI is InChI=1S/C16H35NO3.C4H9O.K/c1-3-6-15(7-4-2)8-5-9-16(19)14-20-13-11-17-10-12-18;1-4(2,3)5;/h15-19H,3-14H2,1-2H3;1-3H3;/q;-1;+1. The fraction of sp³-hybridized carbons (Fsp3) is 1.00. The Kier molecular flexibility index (Phi) is 28.1. The Hall–Kier alpha value is 1.44. The average molecular weight is 402 g/mol. The summed E-state index contributed by atoms with van der Waals surface area (Å²) < 4.78 is 5.40. The summed E-state index contributed by atoms with van der Waals surface area (Å²) in [6.45, 7) is 11.9. The monoisotopic (exact) mass is 401 g/mol. The first-order chi connectivity index (χ1) is 11.7. The van der Waals surface area contributed by atoms with Gasteiger partial charge in [0.2, 0.25) is 0 Å². The Morgan fingerprint density at radius 2 is 1.54 bits per heavy atom. The molecule has 0 aromatic carbocycles. The predicted octanol–water partition coefficient (Wildman–Crippen LogP) is -0.518. The van der Waals surface area contributed by atoms with Gasteiger partial charge in [0, 0.05) is 13.1 Å². The third-order valence-electron chi connectivity index (χ3n) is 3.57. The normalized spacial score (nSPS) is 12.3. The maximum Gasteiger partial charge on any atom is 1.00 e. The van der Waals surface area contributed by atoms with Crippen LogP contribution in [0.3, 0.4) is 0 Å². The van der Waals surface area contributed by atoms with E-state index in [9.17, 15) is 10.2 Å². The van der Waals surface area contributed by atoms with Crippen LogP contribution in [0, 0.1) is 5.92 Å². The van der Waals surface area contributed by atoms with Crippen molar-refractivity contribution >= 4 is 0 Å². The molecule has 5 nitrogen and oxygen atoms in total. The van der Waals surface area contributed by atoms with Gasteiger partial charge < -0.3 is 25.4 Å². The molecule has 0 aromatic rings. The minimum atomic E-state index is -0.750. The molecule has 0 rings (SSSR count). The first kappa shape index (κ1) is 32.1. The van der Waals surface area contributed by atoms with Crippen molar-refractivity contribution in [3.8, 4) is 0 Å². The molecular weight excluding hydrogens is 357 g/mol. The first-order valence-electron chi connectivity index (χ1n) is 10.0. The van der Waals surface area contributed by atoms with Crippen LogP contribution in [0.4, 0.5) is 0 Å². The van der Waals surface area contributed by atoms with Gasteiger partial charge in [-0.25, -0.2) is 0 Å². The van der Waals surface area contributed by atoms with E-state index in [0.717, 1.165) is 25.3 Å².